The molecule has 0 saturated carbocycles. The second-order valence-corrected chi connectivity index (χ2v) is 20.1. The number of carbonyl (C=O) groups excluding carboxylic acids is 3. The molecule has 0 spiro atoms. The van der Waals surface area contributed by atoms with E-state index in [2.05, 4.69) is 12.1 Å². The van der Waals surface area contributed by atoms with Crippen LogP contribution in [-0.2, 0) is 53.9 Å². The molecule has 4 heterocycles. The zero-order chi connectivity index (χ0) is 47.5. The van der Waals surface area contributed by atoms with E-state index in [0.717, 1.165) is 12.8 Å². The number of hydrogen-bond donors (Lipinski definition) is 2. The molecule has 0 aromatic heterocycles. The molecule has 1 amide bonds. The molecule has 4 saturated heterocycles. The van der Waals surface area contributed by atoms with Gasteiger partial charge in [-0.15, -0.1) is 0 Å². The van der Waals surface area contributed by atoms with Gasteiger partial charge in [0.15, 0.2) is 18.2 Å². The molecule has 15 nitrogen and oxygen atoms in total. The molecule has 0 aliphatic carbocycles. The smallest absolute Gasteiger partial charge is 0.410 e. The summed E-state index contributed by atoms with van der Waals surface area (Å²) in [7, 11) is 6.89. The molecule has 18 atom stereocenters. The van der Waals surface area contributed by atoms with Crippen LogP contribution < -0.4 is 0 Å². The number of esters is 1. The van der Waals surface area contributed by atoms with Crippen molar-refractivity contribution in [3.8, 4) is 0 Å². The van der Waals surface area contributed by atoms with Crippen LogP contribution in [0.1, 0.15) is 113 Å². The predicted octanol–water partition coefficient (Wildman–Crippen LogP) is 5.93. The van der Waals surface area contributed by atoms with Crippen molar-refractivity contribution in [2.75, 3.05) is 34.9 Å². The third kappa shape index (κ3) is 11.0. The third-order valence-electron chi connectivity index (χ3n) is 15.1. The van der Waals surface area contributed by atoms with E-state index in [0.29, 0.717) is 25.8 Å². The first-order chi connectivity index (χ1) is 30.0. The van der Waals surface area contributed by atoms with E-state index in [1.165, 1.54) is 12.7 Å². The van der Waals surface area contributed by atoms with Gasteiger partial charge in [0.05, 0.1) is 47.6 Å². The largest absolute Gasteiger partial charge is 0.458 e. The minimum Gasteiger partial charge on any atom is -0.458 e. The van der Waals surface area contributed by atoms with Gasteiger partial charge in [-0.25, -0.2) is 4.79 Å². The lowest BCUT2D eigenvalue weighted by molar-refractivity contribution is -0.319. The van der Waals surface area contributed by atoms with Crippen LogP contribution in [0.3, 0.4) is 0 Å². The van der Waals surface area contributed by atoms with Crippen LogP contribution in [0.25, 0.3) is 0 Å². The van der Waals surface area contributed by atoms with E-state index in [1.54, 1.807) is 39.7 Å². The van der Waals surface area contributed by atoms with Crippen molar-refractivity contribution < 1.29 is 62.5 Å². The fraction of sp³-hybridized carbons (Fsp3) is 0.816. The van der Waals surface area contributed by atoms with Crippen LogP contribution in [-0.4, -0.2) is 157 Å². The van der Waals surface area contributed by atoms with Crippen molar-refractivity contribution in [2.24, 2.45) is 23.7 Å². The monoisotopic (exact) mass is 905 g/mol. The standard InChI is InChI=1S/C49H80N2O13/c1-15-36-49(10)41(51(46(56)64-49)24-20-19-23-34-21-17-16-18-22-34)30(4)38(52)28(2)26-48(9,58-14)43(63-45-39(53)35(50(11)12)25-29(3)59-45)31(5)40(32(6)44(55)61-36)62-37-27-47(8,57-13)42(54)33(7)60-37/h16-18,21-22,28-33,35-37,39-43,45,53-54H,15,19-20,23-27H2,1-14H3/t28-,29-,30+,31+,32-,33+,35+,36-,37+,39-,40+,41-,42+,43-,45+,47-,48-,49-/m1/s1. The number of hydrogen-bond acceptors (Lipinski definition) is 14. The van der Waals surface area contributed by atoms with Gasteiger partial charge in [-0.05, 0) is 99.7 Å². The van der Waals surface area contributed by atoms with Gasteiger partial charge in [-0.3, -0.25) is 9.59 Å². The fourth-order valence-electron chi connectivity index (χ4n) is 11.1. The Morgan fingerprint density at radius 1 is 0.859 bits per heavy atom. The van der Waals surface area contributed by atoms with Gasteiger partial charge in [0.1, 0.15) is 24.1 Å². The molecule has 15 heteroatoms. The highest BCUT2D eigenvalue weighted by atomic mass is 16.7. The molecule has 64 heavy (non-hydrogen) atoms. The van der Waals surface area contributed by atoms with Gasteiger partial charge in [0.25, 0.3) is 0 Å². The Morgan fingerprint density at radius 2 is 1.52 bits per heavy atom. The predicted molar refractivity (Wildman–Crippen MR) is 239 cm³/mol. The third-order valence-corrected chi connectivity index (χ3v) is 15.1. The number of cyclic esters (lactones) is 1. The van der Waals surface area contributed by atoms with Crippen molar-refractivity contribution in [1.29, 1.82) is 0 Å². The summed E-state index contributed by atoms with van der Waals surface area (Å²) in [4.78, 5) is 47.5. The van der Waals surface area contributed by atoms with Gasteiger partial charge < -0.3 is 57.9 Å². The number of methoxy groups -OCH3 is 2. The summed E-state index contributed by atoms with van der Waals surface area (Å²) in [6, 6.07) is 9.11. The molecular weight excluding hydrogens is 825 g/mol. The number of fused-ring (bicyclic) bond motifs is 1. The highest BCUT2D eigenvalue weighted by Crippen LogP contribution is 2.45. The Labute approximate surface area is 382 Å². The number of aliphatic hydroxyl groups excluding tert-OH is 2. The van der Waals surface area contributed by atoms with Crippen molar-refractivity contribution >= 4 is 17.8 Å². The number of benzene rings is 1. The Kier molecular flexibility index (Phi) is 17.5. The molecule has 4 aliphatic heterocycles. The second kappa shape index (κ2) is 21.5. The van der Waals surface area contributed by atoms with Crippen LogP contribution in [0.2, 0.25) is 0 Å². The van der Waals surface area contributed by atoms with Crippen LogP contribution in [0.15, 0.2) is 30.3 Å². The van der Waals surface area contributed by atoms with Gasteiger partial charge in [-0.2, -0.15) is 0 Å². The SMILES string of the molecule is CC[C@H]1OC(=O)[C@H](C)[C@@H](O[C@H]2C[C@@](C)(OC)[C@@H](O)[C@H](C)O2)[C@H](C)[C@@H](O[C@@H]2O[C@H](C)C[C@H](N(C)C)[C@H]2O)[C@](C)(OC)C[C@@H](C)C(=O)[C@H](C)[C@H]2N(CCCCc3ccccc3)C(=O)O[C@]12C. The average Bonchev–Trinajstić information content (AvgIpc) is 3.52. The topological polar surface area (TPSA) is 172 Å². The number of Topliss-reactive ketones (excluding diaryl/α,β-unsaturated/α-hetero) is 1. The summed E-state index contributed by atoms with van der Waals surface area (Å²) in [5.41, 5.74) is -2.46. The minimum atomic E-state index is -1.38. The van der Waals surface area contributed by atoms with Gasteiger partial charge in [0.2, 0.25) is 0 Å². The second-order valence-electron chi connectivity index (χ2n) is 20.1. The zero-order valence-electron chi connectivity index (χ0n) is 41.0. The number of carbonyl (C=O) groups is 3. The number of ether oxygens (including phenoxy) is 8. The first-order valence-corrected chi connectivity index (χ1v) is 23.6. The molecule has 0 unspecified atom stereocenters. The number of ketones is 1. The van der Waals surface area contributed by atoms with Crippen molar-refractivity contribution in [3.63, 3.8) is 0 Å². The summed E-state index contributed by atoms with van der Waals surface area (Å²) >= 11 is 0. The van der Waals surface area contributed by atoms with Crippen LogP contribution in [0, 0.1) is 23.7 Å². The number of unbranched alkanes of at least 4 members (excludes halogenated alkanes) is 1. The quantitative estimate of drug-likeness (QED) is 0.176. The summed E-state index contributed by atoms with van der Waals surface area (Å²) in [6.45, 7) is 18.6. The summed E-state index contributed by atoms with van der Waals surface area (Å²) in [5.74, 6) is -3.78. The maximum atomic E-state index is 15.0. The van der Waals surface area contributed by atoms with Crippen LogP contribution in [0.4, 0.5) is 4.79 Å². The number of amides is 1. The Hall–Kier alpha value is -2.73. The first-order valence-electron chi connectivity index (χ1n) is 23.6. The molecule has 4 aliphatic rings. The van der Waals surface area contributed by atoms with E-state index in [-0.39, 0.29) is 30.8 Å². The molecule has 1 aromatic carbocycles. The molecular formula is C49H80N2O13. The summed E-state index contributed by atoms with van der Waals surface area (Å²) < 4.78 is 51.6. The first kappa shape index (κ1) is 52.2. The van der Waals surface area contributed by atoms with Gasteiger partial charge in [-0.1, -0.05) is 58.0 Å². The van der Waals surface area contributed by atoms with Crippen molar-refractivity contribution in [1.82, 2.24) is 9.80 Å². The number of likely N-dealkylation sites (N-methyl/N-ethyl adjacent to an activating group) is 1. The summed E-state index contributed by atoms with van der Waals surface area (Å²) in [6.07, 6.45) is -4.96. The van der Waals surface area contributed by atoms with Crippen molar-refractivity contribution in [3.05, 3.63) is 35.9 Å². The lowest BCUT2D eigenvalue weighted by Gasteiger charge is -2.50. The Balaban J connectivity index is 1.59. The highest BCUT2D eigenvalue weighted by molar-refractivity contribution is 5.85. The average molecular weight is 905 g/mol. The number of aliphatic hydroxyl groups is 2. The van der Waals surface area contributed by atoms with Crippen molar-refractivity contribution in [2.45, 2.75) is 198 Å². The maximum absolute atomic E-state index is 15.0. The van der Waals surface area contributed by atoms with Crippen LogP contribution in [0.5, 0.6) is 0 Å². The van der Waals surface area contributed by atoms with Gasteiger partial charge >= 0.3 is 12.1 Å². The Bertz CT molecular complexity index is 1700. The van der Waals surface area contributed by atoms with E-state index in [9.17, 15) is 19.8 Å². The zero-order valence-corrected chi connectivity index (χ0v) is 41.0. The summed E-state index contributed by atoms with van der Waals surface area (Å²) in [5, 5.41) is 22.9. The molecule has 0 bridgehead atoms. The molecule has 1 aromatic rings. The maximum Gasteiger partial charge on any atom is 0.410 e. The number of nitrogens with zero attached hydrogens (tertiary/aromatic N) is 2. The fourth-order valence-corrected chi connectivity index (χ4v) is 11.1. The van der Waals surface area contributed by atoms with E-state index in [4.69, 9.17) is 37.9 Å². The minimum absolute atomic E-state index is 0.116. The molecule has 0 radical (unpaired) electrons. The van der Waals surface area contributed by atoms with Crippen LogP contribution >= 0.6 is 0 Å². The lowest BCUT2D eigenvalue weighted by Crippen LogP contribution is -2.61. The number of aryl methyl sites for hydroxylation is 1. The molecule has 2 N–H and O–H groups in total. The molecule has 4 fully saturated rings. The van der Waals surface area contributed by atoms with E-state index in [1.807, 2.05) is 78.7 Å². The highest BCUT2D eigenvalue weighted by Gasteiger charge is 2.61. The van der Waals surface area contributed by atoms with E-state index >= 15 is 4.79 Å². The van der Waals surface area contributed by atoms with Gasteiger partial charge in [0, 0.05) is 51.0 Å². The lowest BCUT2D eigenvalue weighted by atomic mass is 9.73. The molecule has 364 valence electrons. The number of rotatable bonds is 13. The molecule has 5 rings (SSSR count). The normalized spacial score (nSPS) is 42.8. The Morgan fingerprint density at radius 3 is 2.12 bits per heavy atom. The van der Waals surface area contributed by atoms with E-state index < -0.39 is 108 Å².